The monoisotopic (exact) mass is 236 g/mol. The lowest BCUT2D eigenvalue weighted by Crippen LogP contribution is -2.76. The fourth-order valence-electron chi connectivity index (χ4n) is 4.55. The van der Waals surface area contributed by atoms with Crippen LogP contribution in [0.4, 0.5) is 0 Å². The van der Waals surface area contributed by atoms with Crippen LogP contribution in [0.2, 0.25) is 0 Å². The van der Waals surface area contributed by atoms with Gasteiger partial charge in [-0.3, -0.25) is 9.80 Å². The molecule has 17 heavy (non-hydrogen) atoms. The first-order valence-electron chi connectivity index (χ1n) is 7.88. The molecule has 3 heterocycles. The second kappa shape index (κ2) is 4.89. The zero-order valence-corrected chi connectivity index (χ0v) is 11.5. The maximum absolute atomic E-state index is 2.88. The van der Waals surface area contributed by atoms with E-state index >= 15 is 0 Å². The van der Waals surface area contributed by atoms with Crippen LogP contribution in [0, 0.1) is 0 Å². The Kier molecular flexibility index (Phi) is 3.45. The molecule has 0 aromatic rings. The molecule has 0 radical (unpaired) electrons. The Morgan fingerprint density at radius 2 is 1.82 bits per heavy atom. The zero-order valence-electron chi connectivity index (χ0n) is 11.5. The highest BCUT2D eigenvalue weighted by molar-refractivity contribution is 5.07. The SMILES string of the molecule is CCCC1CC23CCCCCCN2CCCN13. The predicted octanol–water partition coefficient (Wildman–Crippen LogP) is 3.23. The van der Waals surface area contributed by atoms with Gasteiger partial charge in [0, 0.05) is 19.1 Å². The van der Waals surface area contributed by atoms with Crippen LogP contribution in [0.3, 0.4) is 0 Å². The molecule has 3 rings (SSSR count). The number of hydrogen-bond acceptors (Lipinski definition) is 2. The molecule has 3 aliphatic rings. The molecule has 2 nitrogen and oxygen atoms in total. The summed E-state index contributed by atoms with van der Waals surface area (Å²) in [5.74, 6) is 0. The van der Waals surface area contributed by atoms with Gasteiger partial charge in [-0.15, -0.1) is 0 Å². The van der Waals surface area contributed by atoms with E-state index in [2.05, 4.69) is 16.7 Å². The molecule has 0 bridgehead atoms. The van der Waals surface area contributed by atoms with E-state index in [1.807, 2.05) is 0 Å². The summed E-state index contributed by atoms with van der Waals surface area (Å²) < 4.78 is 0. The summed E-state index contributed by atoms with van der Waals surface area (Å²) in [6, 6.07) is 0.919. The Morgan fingerprint density at radius 3 is 2.71 bits per heavy atom. The van der Waals surface area contributed by atoms with Crippen molar-refractivity contribution in [3.05, 3.63) is 0 Å². The van der Waals surface area contributed by atoms with Crippen LogP contribution in [-0.2, 0) is 0 Å². The minimum Gasteiger partial charge on any atom is -0.285 e. The van der Waals surface area contributed by atoms with Crippen molar-refractivity contribution in [1.82, 2.24) is 9.80 Å². The van der Waals surface area contributed by atoms with E-state index < -0.39 is 0 Å². The zero-order chi connectivity index (χ0) is 11.7. The first-order chi connectivity index (χ1) is 8.37. The van der Waals surface area contributed by atoms with E-state index in [4.69, 9.17) is 0 Å². The van der Waals surface area contributed by atoms with Crippen LogP contribution in [-0.4, -0.2) is 41.1 Å². The average molecular weight is 236 g/mol. The van der Waals surface area contributed by atoms with Crippen molar-refractivity contribution in [2.75, 3.05) is 19.6 Å². The van der Waals surface area contributed by atoms with Gasteiger partial charge in [-0.1, -0.05) is 32.6 Å². The Bertz CT molecular complexity index is 266. The molecule has 3 saturated heterocycles. The normalized spacial score (nSPS) is 39.7. The van der Waals surface area contributed by atoms with E-state index in [0.29, 0.717) is 5.66 Å². The molecule has 0 aromatic heterocycles. The molecule has 0 aromatic carbocycles. The van der Waals surface area contributed by atoms with Crippen molar-refractivity contribution in [1.29, 1.82) is 0 Å². The van der Waals surface area contributed by atoms with Crippen LogP contribution in [0.25, 0.3) is 0 Å². The Balaban J connectivity index is 1.73. The minimum atomic E-state index is 0.526. The lowest BCUT2D eigenvalue weighted by Gasteiger charge is -2.66. The lowest BCUT2D eigenvalue weighted by atomic mass is 9.76. The van der Waals surface area contributed by atoms with Crippen LogP contribution in [0.15, 0.2) is 0 Å². The van der Waals surface area contributed by atoms with Crippen LogP contribution in [0.5, 0.6) is 0 Å². The Hall–Kier alpha value is -0.0800. The molecule has 0 saturated carbocycles. The highest BCUT2D eigenvalue weighted by Crippen LogP contribution is 2.47. The molecule has 0 amide bonds. The Morgan fingerprint density at radius 1 is 1.00 bits per heavy atom. The quantitative estimate of drug-likeness (QED) is 0.726. The Labute approximate surface area is 106 Å². The summed E-state index contributed by atoms with van der Waals surface area (Å²) in [4.78, 5) is 5.73. The standard InChI is InChI=1S/C15H28N2/c1-2-8-14-13-15-9-5-3-4-6-10-16(15)11-7-12-17(14)15/h14H,2-13H2,1H3. The third kappa shape index (κ3) is 1.94. The van der Waals surface area contributed by atoms with Crippen LogP contribution in [0.1, 0.15) is 64.7 Å². The molecule has 1 spiro atoms. The molecule has 0 N–H and O–H groups in total. The maximum atomic E-state index is 2.88. The van der Waals surface area contributed by atoms with Crippen molar-refractivity contribution in [3.8, 4) is 0 Å². The van der Waals surface area contributed by atoms with Gasteiger partial charge in [0.1, 0.15) is 0 Å². The van der Waals surface area contributed by atoms with Crippen molar-refractivity contribution in [3.63, 3.8) is 0 Å². The number of nitrogens with zero attached hydrogens (tertiary/aromatic N) is 2. The molecule has 98 valence electrons. The van der Waals surface area contributed by atoms with E-state index in [0.717, 1.165) is 6.04 Å². The van der Waals surface area contributed by atoms with E-state index in [-0.39, 0.29) is 0 Å². The third-order valence-corrected chi connectivity index (χ3v) is 5.33. The van der Waals surface area contributed by atoms with Gasteiger partial charge in [-0.2, -0.15) is 0 Å². The summed E-state index contributed by atoms with van der Waals surface area (Å²) in [6.07, 6.45) is 13.0. The average Bonchev–Trinajstić information content (AvgIpc) is 2.28. The molecule has 2 heteroatoms. The predicted molar refractivity (Wildman–Crippen MR) is 72.0 cm³/mol. The van der Waals surface area contributed by atoms with E-state index in [9.17, 15) is 0 Å². The summed E-state index contributed by atoms with van der Waals surface area (Å²) in [5.41, 5.74) is 0.526. The second-order valence-electron chi connectivity index (χ2n) is 6.33. The van der Waals surface area contributed by atoms with Crippen molar-refractivity contribution in [2.45, 2.75) is 76.4 Å². The van der Waals surface area contributed by atoms with Gasteiger partial charge in [-0.05, 0) is 38.6 Å². The molecule has 3 aliphatic heterocycles. The third-order valence-electron chi connectivity index (χ3n) is 5.33. The fourth-order valence-corrected chi connectivity index (χ4v) is 4.55. The largest absolute Gasteiger partial charge is 0.285 e. The topological polar surface area (TPSA) is 6.48 Å². The molecule has 3 fully saturated rings. The van der Waals surface area contributed by atoms with Gasteiger partial charge in [-0.25, -0.2) is 0 Å². The molecule has 0 aliphatic carbocycles. The lowest BCUT2D eigenvalue weighted by molar-refractivity contribution is -0.205. The van der Waals surface area contributed by atoms with Crippen LogP contribution < -0.4 is 0 Å². The van der Waals surface area contributed by atoms with E-state index in [1.165, 1.54) is 77.4 Å². The smallest absolute Gasteiger partial charge is 0.0755 e. The molecule has 2 atom stereocenters. The van der Waals surface area contributed by atoms with Crippen molar-refractivity contribution in [2.24, 2.45) is 0 Å². The van der Waals surface area contributed by atoms with Crippen molar-refractivity contribution < 1.29 is 0 Å². The van der Waals surface area contributed by atoms with Gasteiger partial charge in [0.15, 0.2) is 0 Å². The van der Waals surface area contributed by atoms with Gasteiger partial charge >= 0.3 is 0 Å². The maximum Gasteiger partial charge on any atom is 0.0755 e. The molecular weight excluding hydrogens is 208 g/mol. The van der Waals surface area contributed by atoms with Crippen LogP contribution >= 0.6 is 0 Å². The fraction of sp³-hybridized carbons (Fsp3) is 1.00. The second-order valence-corrected chi connectivity index (χ2v) is 6.33. The molecular formula is C15H28N2. The highest BCUT2D eigenvalue weighted by atomic mass is 15.5. The van der Waals surface area contributed by atoms with Gasteiger partial charge in [0.2, 0.25) is 0 Å². The molecule has 2 unspecified atom stereocenters. The number of hydrogen-bond donors (Lipinski definition) is 0. The first-order valence-corrected chi connectivity index (χ1v) is 7.88. The van der Waals surface area contributed by atoms with Gasteiger partial charge < -0.3 is 0 Å². The summed E-state index contributed by atoms with van der Waals surface area (Å²) in [6.45, 7) is 6.46. The highest BCUT2D eigenvalue weighted by Gasteiger charge is 2.55. The summed E-state index contributed by atoms with van der Waals surface area (Å²) >= 11 is 0. The summed E-state index contributed by atoms with van der Waals surface area (Å²) in [7, 11) is 0. The minimum absolute atomic E-state index is 0.526. The van der Waals surface area contributed by atoms with Crippen molar-refractivity contribution >= 4 is 0 Å². The number of rotatable bonds is 2. The van der Waals surface area contributed by atoms with Gasteiger partial charge in [0.05, 0.1) is 5.66 Å². The first kappa shape index (κ1) is 12.0. The summed E-state index contributed by atoms with van der Waals surface area (Å²) in [5, 5.41) is 0. The van der Waals surface area contributed by atoms with E-state index in [1.54, 1.807) is 0 Å². The van der Waals surface area contributed by atoms with Gasteiger partial charge in [0.25, 0.3) is 0 Å².